The van der Waals surface area contributed by atoms with Crippen LogP contribution in [0.5, 0.6) is 5.75 Å². The number of amides is 1. The molecule has 0 radical (unpaired) electrons. The minimum absolute atomic E-state index is 0.258. The smallest absolute Gasteiger partial charge is 0.269 e. The number of ether oxygens (including phenoxy) is 2. The Labute approximate surface area is 180 Å². The first-order chi connectivity index (χ1) is 15.1. The van der Waals surface area contributed by atoms with Gasteiger partial charge in [-0.15, -0.1) is 0 Å². The van der Waals surface area contributed by atoms with Crippen molar-refractivity contribution in [3.63, 3.8) is 0 Å². The number of H-pyrrole nitrogens is 1. The maximum absolute atomic E-state index is 12.9. The van der Waals surface area contributed by atoms with Crippen LogP contribution in [-0.2, 0) is 11.3 Å². The Morgan fingerprint density at radius 1 is 1.16 bits per heavy atom. The first-order valence-electron chi connectivity index (χ1n) is 10.1. The van der Waals surface area contributed by atoms with E-state index in [1.165, 1.54) is 0 Å². The average Bonchev–Trinajstić information content (AvgIpc) is 3.43. The Morgan fingerprint density at radius 2 is 1.94 bits per heavy atom. The summed E-state index contributed by atoms with van der Waals surface area (Å²) in [6.45, 7) is 3.12. The Bertz CT molecular complexity index is 1200. The van der Waals surface area contributed by atoms with Gasteiger partial charge in [-0.3, -0.25) is 9.89 Å². The van der Waals surface area contributed by atoms with E-state index >= 15 is 0 Å². The molecule has 2 N–H and O–H groups in total. The molecule has 0 aliphatic carbocycles. The third kappa shape index (κ3) is 4.15. The number of hydrogen-bond donors (Lipinski definition) is 2. The number of methoxy groups -OCH3 is 2. The molecule has 2 aromatic carbocycles. The summed E-state index contributed by atoms with van der Waals surface area (Å²) in [5, 5.41) is 10.1. The monoisotopic (exact) mass is 419 g/mol. The van der Waals surface area contributed by atoms with Gasteiger partial charge in [-0.1, -0.05) is 24.3 Å². The third-order valence-corrected chi connectivity index (χ3v) is 5.14. The quantitative estimate of drug-likeness (QED) is 0.455. The van der Waals surface area contributed by atoms with Crippen LogP contribution in [0.2, 0.25) is 0 Å². The SMILES string of the molecule is COCCn1c([C@@H](C)NC(=O)c2cc(-c3ccccc3OC)n[nH]2)nc2ccccc21. The molecule has 1 atom stereocenters. The van der Waals surface area contributed by atoms with Crippen molar-refractivity contribution < 1.29 is 14.3 Å². The molecule has 160 valence electrons. The highest BCUT2D eigenvalue weighted by atomic mass is 16.5. The van der Waals surface area contributed by atoms with Gasteiger partial charge in [-0.2, -0.15) is 5.10 Å². The summed E-state index contributed by atoms with van der Waals surface area (Å²) in [6.07, 6.45) is 0. The Kier molecular flexibility index (Phi) is 5.99. The summed E-state index contributed by atoms with van der Waals surface area (Å²) < 4.78 is 12.7. The zero-order chi connectivity index (χ0) is 21.8. The first kappa shape index (κ1) is 20.6. The van der Waals surface area contributed by atoms with Crippen molar-refractivity contribution in [1.82, 2.24) is 25.1 Å². The highest BCUT2D eigenvalue weighted by Crippen LogP contribution is 2.28. The molecule has 0 aliphatic rings. The van der Waals surface area contributed by atoms with Gasteiger partial charge >= 0.3 is 0 Å². The lowest BCUT2D eigenvalue weighted by Gasteiger charge is -2.15. The second kappa shape index (κ2) is 9.01. The van der Waals surface area contributed by atoms with Crippen LogP contribution < -0.4 is 10.1 Å². The van der Waals surface area contributed by atoms with Gasteiger partial charge in [0.25, 0.3) is 5.91 Å². The van der Waals surface area contributed by atoms with E-state index in [0.717, 1.165) is 22.4 Å². The van der Waals surface area contributed by atoms with Crippen molar-refractivity contribution in [3.05, 3.63) is 66.1 Å². The van der Waals surface area contributed by atoms with E-state index in [-0.39, 0.29) is 11.9 Å². The number of rotatable bonds is 8. The van der Waals surface area contributed by atoms with Gasteiger partial charge in [0, 0.05) is 19.2 Å². The average molecular weight is 419 g/mol. The van der Waals surface area contributed by atoms with Crippen molar-refractivity contribution in [2.24, 2.45) is 0 Å². The topological polar surface area (TPSA) is 94.1 Å². The highest BCUT2D eigenvalue weighted by molar-refractivity contribution is 5.93. The lowest BCUT2D eigenvalue weighted by atomic mass is 10.1. The maximum Gasteiger partial charge on any atom is 0.269 e. The molecule has 31 heavy (non-hydrogen) atoms. The standard InChI is InChI=1S/C23H25N5O3/c1-15(22-25-17-9-5-6-10-20(17)28(22)12-13-30-2)24-23(29)19-14-18(26-27-19)16-8-4-7-11-21(16)31-3/h4-11,14-15H,12-13H2,1-3H3,(H,24,29)(H,26,27)/t15-/m1/s1. The van der Waals surface area contributed by atoms with E-state index in [1.54, 1.807) is 20.3 Å². The fourth-order valence-corrected chi connectivity index (χ4v) is 3.61. The fourth-order valence-electron chi connectivity index (χ4n) is 3.61. The molecule has 4 aromatic rings. The lowest BCUT2D eigenvalue weighted by molar-refractivity contribution is 0.0932. The normalized spacial score (nSPS) is 12.1. The number of benzene rings is 2. The summed E-state index contributed by atoms with van der Waals surface area (Å²) in [5.41, 5.74) is 3.72. The molecule has 0 unspecified atom stereocenters. The number of imidazole rings is 1. The van der Waals surface area contributed by atoms with Crippen LogP contribution in [0.15, 0.2) is 54.6 Å². The summed E-state index contributed by atoms with van der Waals surface area (Å²) in [4.78, 5) is 17.6. The number of para-hydroxylation sites is 3. The molecule has 1 amide bonds. The fraction of sp³-hybridized carbons (Fsp3) is 0.261. The van der Waals surface area contributed by atoms with Gasteiger partial charge < -0.3 is 19.4 Å². The van der Waals surface area contributed by atoms with Crippen molar-refractivity contribution >= 4 is 16.9 Å². The van der Waals surface area contributed by atoms with Crippen LogP contribution in [0, 0.1) is 0 Å². The van der Waals surface area contributed by atoms with Gasteiger partial charge in [0.1, 0.15) is 17.3 Å². The summed E-state index contributed by atoms with van der Waals surface area (Å²) in [7, 11) is 3.28. The Morgan fingerprint density at radius 3 is 2.74 bits per heavy atom. The third-order valence-electron chi connectivity index (χ3n) is 5.14. The number of hydrogen-bond acceptors (Lipinski definition) is 5. The minimum atomic E-state index is -0.310. The summed E-state index contributed by atoms with van der Waals surface area (Å²) in [6, 6.07) is 16.9. The van der Waals surface area contributed by atoms with E-state index in [9.17, 15) is 4.79 Å². The van der Waals surface area contributed by atoms with E-state index in [2.05, 4.69) is 20.1 Å². The van der Waals surface area contributed by atoms with Crippen LogP contribution in [0.4, 0.5) is 0 Å². The summed E-state index contributed by atoms with van der Waals surface area (Å²) in [5.74, 6) is 1.21. The van der Waals surface area contributed by atoms with Gasteiger partial charge in [-0.05, 0) is 37.3 Å². The molecular weight excluding hydrogens is 394 g/mol. The zero-order valence-electron chi connectivity index (χ0n) is 17.8. The second-order valence-electron chi connectivity index (χ2n) is 7.17. The van der Waals surface area contributed by atoms with Gasteiger partial charge in [-0.25, -0.2) is 4.98 Å². The summed E-state index contributed by atoms with van der Waals surface area (Å²) >= 11 is 0. The lowest BCUT2D eigenvalue weighted by Crippen LogP contribution is -2.29. The number of nitrogens with zero attached hydrogens (tertiary/aromatic N) is 3. The predicted octanol–water partition coefficient (Wildman–Crippen LogP) is 3.57. The molecule has 8 nitrogen and oxygen atoms in total. The number of carbonyl (C=O) groups is 1. The number of aromatic amines is 1. The zero-order valence-corrected chi connectivity index (χ0v) is 17.8. The van der Waals surface area contributed by atoms with Crippen molar-refractivity contribution in [2.45, 2.75) is 19.5 Å². The van der Waals surface area contributed by atoms with Gasteiger partial charge in [0.15, 0.2) is 0 Å². The molecule has 0 aliphatic heterocycles. The molecular formula is C23H25N5O3. The molecule has 8 heteroatoms. The highest BCUT2D eigenvalue weighted by Gasteiger charge is 2.20. The minimum Gasteiger partial charge on any atom is -0.496 e. The molecule has 0 bridgehead atoms. The molecule has 0 fully saturated rings. The van der Waals surface area contributed by atoms with Crippen molar-refractivity contribution in [2.75, 3.05) is 20.8 Å². The molecule has 4 rings (SSSR count). The van der Waals surface area contributed by atoms with Crippen molar-refractivity contribution in [1.29, 1.82) is 0 Å². The van der Waals surface area contributed by atoms with Gasteiger partial charge in [0.05, 0.1) is 36.5 Å². The van der Waals surface area contributed by atoms with Crippen LogP contribution >= 0.6 is 0 Å². The van der Waals surface area contributed by atoms with Gasteiger partial charge in [0.2, 0.25) is 0 Å². The van der Waals surface area contributed by atoms with Crippen molar-refractivity contribution in [3.8, 4) is 17.0 Å². The molecule has 0 saturated heterocycles. The van der Waals surface area contributed by atoms with E-state index in [1.807, 2.05) is 55.5 Å². The largest absolute Gasteiger partial charge is 0.496 e. The number of carbonyl (C=O) groups excluding carboxylic acids is 1. The maximum atomic E-state index is 12.9. The Balaban J connectivity index is 1.56. The van der Waals surface area contributed by atoms with E-state index in [0.29, 0.717) is 30.3 Å². The van der Waals surface area contributed by atoms with E-state index in [4.69, 9.17) is 14.5 Å². The Hall–Kier alpha value is -3.65. The van der Waals surface area contributed by atoms with Crippen LogP contribution in [-0.4, -0.2) is 46.5 Å². The predicted molar refractivity (Wildman–Crippen MR) is 118 cm³/mol. The van der Waals surface area contributed by atoms with Crippen LogP contribution in [0.1, 0.15) is 29.3 Å². The molecule has 2 heterocycles. The van der Waals surface area contributed by atoms with Crippen LogP contribution in [0.25, 0.3) is 22.3 Å². The van der Waals surface area contributed by atoms with Crippen LogP contribution in [0.3, 0.4) is 0 Å². The number of fused-ring (bicyclic) bond motifs is 1. The molecule has 0 saturated carbocycles. The first-order valence-corrected chi connectivity index (χ1v) is 10.1. The molecule has 0 spiro atoms. The number of aromatic nitrogens is 4. The molecule has 2 aromatic heterocycles. The van der Waals surface area contributed by atoms with E-state index < -0.39 is 0 Å². The second-order valence-corrected chi connectivity index (χ2v) is 7.17. The number of nitrogens with one attached hydrogen (secondary N) is 2.